The predicted molar refractivity (Wildman–Crippen MR) is 174 cm³/mol. The molecule has 1 aliphatic carbocycles. The van der Waals surface area contributed by atoms with Crippen LogP contribution in [-0.4, -0.2) is 50.4 Å². The topological polar surface area (TPSA) is 96.0 Å². The molecule has 0 saturated heterocycles. The number of nitrogens with zero attached hydrogens (tertiary/aromatic N) is 2. The largest absolute Gasteiger partial charge is 0.492 e. The summed E-state index contributed by atoms with van der Waals surface area (Å²) in [4.78, 5) is 29.6. The van der Waals surface area contributed by atoms with E-state index in [1.54, 1.807) is 54.6 Å². The monoisotopic (exact) mass is 639 g/mol. The smallest absolute Gasteiger partial charge is 0.264 e. The van der Waals surface area contributed by atoms with E-state index in [-0.39, 0.29) is 29.1 Å². The van der Waals surface area contributed by atoms with Crippen molar-refractivity contribution in [2.24, 2.45) is 0 Å². The molecule has 0 unspecified atom stereocenters. The normalized spacial score (nSPS) is 14.5. The van der Waals surface area contributed by atoms with Gasteiger partial charge in [-0.25, -0.2) is 8.42 Å². The molecule has 1 saturated carbocycles. The fourth-order valence-electron chi connectivity index (χ4n) is 5.57. The number of benzene rings is 3. The third-order valence-corrected chi connectivity index (χ3v) is 10.1. The standard InChI is InChI=1S/C34H42ClN3O5S/c1-4-30(34(40)36-27-14-7-6-8-15-27)37(23-26-13-9-10-16-29(26)35)33(39)24-38(31-17-11-12-18-32(31)43-5-2)44(41,42)28-21-19-25(3)20-22-28/h9-13,16-22,27,30H,4-8,14-15,23-24H2,1-3H3,(H,36,40)/t30-/m0/s1. The Morgan fingerprint density at radius 1 is 0.955 bits per heavy atom. The van der Waals surface area contributed by atoms with E-state index in [9.17, 15) is 18.0 Å². The van der Waals surface area contributed by atoms with Crippen molar-refractivity contribution in [2.75, 3.05) is 17.5 Å². The lowest BCUT2D eigenvalue weighted by atomic mass is 9.95. The third-order valence-electron chi connectivity index (χ3n) is 7.96. The Balaban J connectivity index is 1.75. The molecule has 1 atom stereocenters. The molecule has 236 valence electrons. The van der Waals surface area contributed by atoms with Crippen molar-refractivity contribution >= 4 is 39.1 Å². The van der Waals surface area contributed by atoms with Crippen LogP contribution in [0.4, 0.5) is 5.69 Å². The van der Waals surface area contributed by atoms with Crippen LogP contribution >= 0.6 is 11.6 Å². The van der Waals surface area contributed by atoms with Gasteiger partial charge in [-0.3, -0.25) is 13.9 Å². The van der Waals surface area contributed by atoms with Crippen molar-refractivity contribution in [2.45, 2.75) is 82.8 Å². The van der Waals surface area contributed by atoms with Crippen LogP contribution in [0.25, 0.3) is 0 Å². The van der Waals surface area contributed by atoms with E-state index in [2.05, 4.69) is 5.32 Å². The highest BCUT2D eigenvalue weighted by molar-refractivity contribution is 7.92. The fourth-order valence-corrected chi connectivity index (χ4v) is 7.19. The highest BCUT2D eigenvalue weighted by Crippen LogP contribution is 2.33. The van der Waals surface area contributed by atoms with Gasteiger partial charge >= 0.3 is 0 Å². The number of carbonyl (C=O) groups excluding carboxylic acids is 2. The molecule has 1 fully saturated rings. The molecule has 10 heteroatoms. The maximum Gasteiger partial charge on any atom is 0.264 e. The SMILES string of the molecule is CCOc1ccccc1N(CC(=O)N(Cc1ccccc1Cl)[C@@H](CC)C(=O)NC1CCCCC1)S(=O)(=O)c1ccc(C)cc1. The molecule has 0 aliphatic heterocycles. The minimum Gasteiger partial charge on any atom is -0.492 e. The molecular weight excluding hydrogens is 598 g/mol. The zero-order valence-electron chi connectivity index (χ0n) is 25.7. The molecule has 1 aliphatic rings. The Morgan fingerprint density at radius 3 is 2.27 bits per heavy atom. The van der Waals surface area contributed by atoms with Crippen molar-refractivity contribution < 1.29 is 22.7 Å². The van der Waals surface area contributed by atoms with Crippen molar-refractivity contribution in [3.8, 4) is 5.75 Å². The van der Waals surface area contributed by atoms with Crippen LogP contribution in [0.3, 0.4) is 0 Å². The van der Waals surface area contributed by atoms with Crippen LogP contribution < -0.4 is 14.4 Å². The van der Waals surface area contributed by atoms with E-state index in [1.807, 2.05) is 26.8 Å². The number of rotatable bonds is 13. The lowest BCUT2D eigenvalue weighted by molar-refractivity contribution is -0.140. The maximum absolute atomic E-state index is 14.4. The van der Waals surface area contributed by atoms with Gasteiger partial charge in [-0.05, 0) is 69.0 Å². The Labute approximate surface area is 266 Å². The van der Waals surface area contributed by atoms with Crippen LogP contribution in [0.15, 0.2) is 77.7 Å². The summed E-state index contributed by atoms with van der Waals surface area (Å²) in [7, 11) is -4.22. The van der Waals surface area contributed by atoms with Crippen molar-refractivity contribution in [1.82, 2.24) is 10.2 Å². The molecule has 0 radical (unpaired) electrons. The van der Waals surface area contributed by atoms with Gasteiger partial charge in [0.05, 0.1) is 17.2 Å². The summed E-state index contributed by atoms with van der Waals surface area (Å²) in [5.41, 5.74) is 1.80. The predicted octanol–water partition coefficient (Wildman–Crippen LogP) is 6.50. The summed E-state index contributed by atoms with van der Waals surface area (Å²) in [5, 5.41) is 3.62. The van der Waals surface area contributed by atoms with E-state index >= 15 is 0 Å². The van der Waals surface area contributed by atoms with Crippen LogP contribution in [0.5, 0.6) is 5.75 Å². The number of carbonyl (C=O) groups is 2. The number of ether oxygens (including phenoxy) is 1. The summed E-state index contributed by atoms with van der Waals surface area (Å²) in [6, 6.07) is 19.6. The number of amides is 2. The van der Waals surface area contributed by atoms with Crippen molar-refractivity contribution in [1.29, 1.82) is 0 Å². The summed E-state index contributed by atoms with van der Waals surface area (Å²) < 4.78 is 35.3. The molecule has 3 aromatic carbocycles. The second kappa shape index (κ2) is 15.4. The Bertz CT molecular complexity index is 1520. The number of hydrogen-bond donors (Lipinski definition) is 1. The van der Waals surface area contributed by atoms with Gasteiger partial charge in [0.15, 0.2) is 0 Å². The first-order chi connectivity index (χ1) is 21.1. The van der Waals surface area contributed by atoms with Crippen molar-refractivity contribution in [3.05, 3.63) is 88.9 Å². The quantitative estimate of drug-likeness (QED) is 0.230. The fraction of sp³-hybridized carbons (Fsp3) is 0.412. The maximum atomic E-state index is 14.4. The molecule has 1 N–H and O–H groups in total. The summed E-state index contributed by atoms with van der Waals surface area (Å²) in [5.74, 6) is -0.446. The molecule has 2 amide bonds. The minimum absolute atomic E-state index is 0.0423. The van der Waals surface area contributed by atoms with Crippen molar-refractivity contribution in [3.63, 3.8) is 0 Å². The van der Waals surface area contributed by atoms with Gasteiger partial charge in [0, 0.05) is 17.6 Å². The molecule has 0 aromatic heterocycles. The molecule has 8 nitrogen and oxygen atoms in total. The zero-order valence-corrected chi connectivity index (χ0v) is 27.2. The molecule has 4 rings (SSSR count). The summed E-state index contributed by atoms with van der Waals surface area (Å²) in [6.45, 7) is 5.34. The Morgan fingerprint density at radius 2 is 1.61 bits per heavy atom. The lowest BCUT2D eigenvalue weighted by Crippen LogP contribution is -2.54. The lowest BCUT2D eigenvalue weighted by Gasteiger charge is -2.35. The van der Waals surface area contributed by atoms with Gasteiger partial charge in [0.2, 0.25) is 11.8 Å². The van der Waals surface area contributed by atoms with Gasteiger partial charge in [-0.1, -0.05) is 85.8 Å². The number of para-hydroxylation sites is 2. The highest BCUT2D eigenvalue weighted by atomic mass is 35.5. The number of sulfonamides is 1. The number of hydrogen-bond acceptors (Lipinski definition) is 5. The van der Waals surface area contributed by atoms with E-state index in [0.717, 1.165) is 42.0 Å². The first-order valence-electron chi connectivity index (χ1n) is 15.3. The summed E-state index contributed by atoms with van der Waals surface area (Å²) in [6.07, 6.45) is 5.39. The van der Waals surface area contributed by atoms with Crippen LogP contribution in [0.2, 0.25) is 5.02 Å². The molecule has 0 heterocycles. The molecule has 0 spiro atoms. The third kappa shape index (κ3) is 8.12. The minimum atomic E-state index is -4.22. The Kier molecular flexibility index (Phi) is 11.7. The van der Waals surface area contributed by atoms with Crippen LogP contribution in [0, 0.1) is 6.92 Å². The highest BCUT2D eigenvalue weighted by Gasteiger charge is 2.35. The second-order valence-corrected chi connectivity index (χ2v) is 13.4. The summed E-state index contributed by atoms with van der Waals surface area (Å²) >= 11 is 6.52. The Hall–Kier alpha value is -3.56. The van der Waals surface area contributed by atoms with Gasteiger partial charge in [0.1, 0.15) is 18.3 Å². The first-order valence-corrected chi connectivity index (χ1v) is 17.1. The van der Waals surface area contributed by atoms with Gasteiger partial charge in [0.25, 0.3) is 10.0 Å². The van der Waals surface area contributed by atoms with Gasteiger partial charge in [-0.15, -0.1) is 0 Å². The van der Waals surface area contributed by atoms with Gasteiger partial charge < -0.3 is 15.0 Å². The molecule has 3 aromatic rings. The second-order valence-electron chi connectivity index (χ2n) is 11.1. The number of halogens is 1. The van der Waals surface area contributed by atoms with Crippen LogP contribution in [0.1, 0.15) is 63.5 Å². The number of nitrogens with one attached hydrogen (secondary N) is 1. The van der Waals surface area contributed by atoms with E-state index in [4.69, 9.17) is 16.3 Å². The van der Waals surface area contributed by atoms with E-state index in [1.165, 1.54) is 17.0 Å². The van der Waals surface area contributed by atoms with Gasteiger partial charge in [-0.2, -0.15) is 0 Å². The molecule has 44 heavy (non-hydrogen) atoms. The first kappa shape index (κ1) is 33.3. The number of anilines is 1. The average molecular weight is 640 g/mol. The zero-order chi connectivity index (χ0) is 31.7. The van der Waals surface area contributed by atoms with Crippen LogP contribution in [-0.2, 0) is 26.2 Å². The van der Waals surface area contributed by atoms with E-state index in [0.29, 0.717) is 29.4 Å². The van der Waals surface area contributed by atoms with E-state index < -0.39 is 28.5 Å². The number of aryl methyl sites for hydroxylation is 1. The average Bonchev–Trinajstić information content (AvgIpc) is 3.02. The molecular formula is C34H42ClN3O5S. The molecule has 0 bridgehead atoms.